The van der Waals surface area contributed by atoms with Crippen molar-refractivity contribution in [3.8, 4) is 5.75 Å². The van der Waals surface area contributed by atoms with Crippen molar-refractivity contribution in [3.63, 3.8) is 0 Å². The summed E-state index contributed by atoms with van der Waals surface area (Å²) in [5, 5.41) is 11.0. The van der Waals surface area contributed by atoms with Crippen LogP contribution in [-0.2, 0) is 15.0 Å². The van der Waals surface area contributed by atoms with E-state index in [-0.39, 0.29) is 10.8 Å². The highest BCUT2D eigenvalue weighted by Crippen LogP contribution is 2.40. The molecular formula is C21H26FN3O4S. The number of nitrogens with zero attached hydrogens (tertiary/aromatic N) is 2. The van der Waals surface area contributed by atoms with Gasteiger partial charge < -0.3 is 10.0 Å². The number of hydrogen-bond acceptors (Lipinski definition) is 5. The lowest BCUT2D eigenvalue weighted by Crippen LogP contribution is -2.30. The Bertz CT molecular complexity index is 1130. The van der Waals surface area contributed by atoms with Gasteiger partial charge in [0.2, 0.25) is 0 Å². The molecule has 9 heteroatoms. The third-order valence-corrected chi connectivity index (χ3v) is 7.02. The van der Waals surface area contributed by atoms with E-state index >= 15 is 4.39 Å². The summed E-state index contributed by atoms with van der Waals surface area (Å²) >= 11 is 0. The molecule has 2 aliphatic rings. The Labute approximate surface area is 175 Å². The fraction of sp³-hybridized carbons (Fsp3) is 0.476. The van der Waals surface area contributed by atoms with Crippen molar-refractivity contribution in [2.45, 2.75) is 33.6 Å². The van der Waals surface area contributed by atoms with Crippen LogP contribution in [0.25, 0.3) is 10.8 Å². The van der Waals surface area contributed by atoms with Crippen molar-refractivity contribution < 1.29 is 22.7 Å². The Balaban J connectivity index is 1.71. The van der Waals surface area contributed by atoms with E-state index in [4.69, 9.17) is 0 Å². The molecule has 2 saturated heterocycles. The number of fused-ring (bicyclic) bond motifs is 1. The zero-order valence-electron chi connectivity index (χ0n) is 17.3. The number of aromatic hydroxyl groups is 1. The standard InChI is InChI=1S/C21H26FN3O4S/c1-21(2,3)10-13-6-7-24(11-13)15-5-4-14-8-17(26)20(19(22)16(14)9-15)25-12-18(27)23-30(25,28)29/h4-5,8-9,13,26H,6-7,10-12H2,1-3H3,(H,23,27). The molecule has 2 fully saturated rings. The molecule has 2 heterocycles. The van der Waals surface area contributed by atoms with Crippen molar-refractivity contribution in [2.75, 3.05) is 28.8 Å². The molecule has 0 radical (unpaired) electrons. The van der Waals surface area contributed by atoms with Crippen LogP contribution in [0.2, 0.25) is 0 Å². The van der Waals surface area contributed by atoms with Gasteiger partial charge in [-0.1, -0.05) is 26.8 Å². The lowest BCUT2D eigenvalue weighted by atomic mass is 9.84. The van der Waals surface area contributed by atoms with E-state index in [1.165, 1.54) is 6.07 Å². The van der Waals surface area contributed by atoms with Gasteiger partial charge in [0.1, 0.15) is 18.0 Å². The SMILES string of the molecule is CC(C)(C)CC1CCN(c2ccc3cc(O)c(N4CC(=O)NS4(=O)=O)c(F)c3c2)C1. The Morgan fingerprint density at radius 3 is 2.63 bits per heavy atom. The van der Waals surface area contributed by atoms with Crippen molar-refractivity contribution in [1.29, 1.82) is 0 Å². The molecule has 7 nitrogen and oxygen atoms in total. The van der Waals surface area contributed by atoms with Crippen LogP contribution < -0.4 is 13.9 Å². The molecule has 2 aliphatic heterocycles. The quantitative estimate of drug-likeness (QED) is 0.773. The van der Waals surface area contributed by atoms with Crippen LogP contribution in [0.3, 0.4) is 0 Å². The second kappa shape index (κ2) is 7.01. The van der Waals surface area contributed by atoms with E-state index in [1.54, 1.807) is 16.9 Å². The normalized spacial score (nSPS) is 21.5. The molecule has 1 atom stereocenters. The highest BCUT2D eigenvalue weighted by Gasteiger charge is 2.38. The van der Waals surface area contributed by atoms with Crippen LogP contribution >= 0.6 is 0 Å². The van der Waals surface area contributed by atoms with Crippen molar-refractivity contribution in [3.05, 3.63) is 30.1 Å². The van der Waals surface area contributed by atoms with E-state index in [0.29, 0.717) is 15.6 Å². The Morgan fingerprint density at radius 1 is 1.27 bits per heavy atom. The van der Waals surface area contributed by atoms with Crippen LogP contribution in [0.15, 0.2) is 24.3 Å². The summed E-state index contributed by atoms with van der Waals surface area (Å²) < 4.78 is 42.1. The number of carbonyl (C=O) groups excluding carboxylic acids is 1. The molecule has 0 spiro atoms. The van der Waals surface area contributed by atoms with Crippen LogP contribution in [-0.4, -0.2) is 39.1 Å². The molecule has 0 bridgehead atoms. The fourth-order valence-electron chi connectivity index (χ4n) is 4.50. The first kappa shape index (κ1) is 20.7. The first-order valence-electron chi connectivity index (χ1n) is 9.98. The molecule has 162 valence electrons. The zero-order valence-corrected chi connectivity index (χ0v) is 18.1. The summed E-state index contributed by atoms with van der Waals surface area (Å²) in [6.45, 7) is 7.85. The number of amides is 1. The summed E-state index contributed by atoms with van der Waals surface area (Å²) in [6, 6.07) is 6.61. The second-order valence-electron chi connectivity index (χ2n) is 9.37. The number of phenolic OH excluding ortho intramolecular Hbond substituents is 1. The Kier molecular flexibility index (Phi) is 4.84. The molecule has 0 aromatic heterocycles. The van der Waals surface area contributed by atoms with Gasteiger partial charge in [-0.2, -0.15) is 8.42 Å². The fourth-order valence-corrected chi connectivity index (χ4v) is 5.66. The predicted octanol–water partition coefficient (Wildman–Crippen LogP) is 3.13. The van der Waals surface area contributed by atoms with Gasteiger partial charge in [-0.15, -0.1) is 0 Å². The maximum Gasteiger partial charge on any atom is 0.326 e. The van der Waals surface area contributed by atoms with Crippen molar-refractivity contribution >= 4 is 38.3 Å². The molecule has 2 aromatic carbocycles. The average molecular weight is 436 g/mol. The van der Waals surface area contributed by atoms with Gasteiger partial charge in [-0.05, 0) is 47.8 Å². The summed E-state index contributed by atoms with van der Waals surface area (Å²) in [6.07, 6.45) is 2.18. The molecule has 0 saturated carbocycles. The topological polar surface area (TPSA) is 89.9 Å². The van der Waals surface area contributed by atoms with Crippen LogP contribution in [0, 0.1) is 17.2 Å². The van der Waals surface area contributed by atoms with E-state index < -0.39 is 39.9 Å². The van der Waals surface area contributed by atoms with Gasteiger partial charge in [0.15, 0.2) is 5.82 Å². The monoisotopic (exact) mass is 435 g/mol. The smallest absolute Gasteiger partial charge is 0.326 e. The van der Waals surface area contributed by atoms with E-state index in [2.05, 4.69) is 25.7 Å². The summed E-state index contributed by atoms with van der Waals surface area (Å²) in [5.41, 5.74) is 0.591. The second-order valence-corrected chi connectivity index (χ2v) is 11.0. The number of anilines is 2. The van der Waals surface area contributed by atoms with Crippen LogP contribution in [0.5, 0.6) is 5.75 Å². The minimum absolute atomic E-state index is 0.203. The first-order chi connectivity index (χ1) is 13.9. The minimum atomic E-state index is -4.23. The molecule has 0 aliphatic carbocycles. The number of carbonyl (C=O) groups is 1. The third-order valence-electron chi connectivity index (χ3n) is 5.64. The number of rotatable bonds is 3. The summed E-state index contributed by atoms with van der Waals surface area (Å²) in [7, 11) is -4.23. The Hall–Kier alpha value is -2.55. The van der Waals surface area contributed by atoms with Gasteiger partial charge in [0, 0.05) is 24.2 Å². The summed E-state index contributed by atoms with van der Waals surface area (Å²) in [5.74, 6) is -1.60. The average Bonchev–Trinajstić information content (AvgIpc) is 3.17. The van der Waals surface area contributed by atoms with Gasteiger partial charge in [-0.3, -0.25) is 4.79 Å². The maximum absolute atomic E-state index is 15.4. The number of hydrogen-bond donors (Lipinski definition) is 2. The van der Waals surface area contributed by atoms with Gasteiger partial charge in [0.25, 0.3) is 5.91 Å². The van der Waals surface area contributed by atoms with E-state index in [1.807, 2.05) is 6.07 Å². The third kappa shape index (κ3) is 3.78. The van der Waals surface area contributed by atoms with Crippen LogP contribution in [0.4, 0.5) is 15.8 Å². The number of benzene rings is 2. The first-order valence-corrected chi connectivity index (χ1v) is 11.4. The number of nitrogens with one attached hydrogen (secondary N) is 1. The molecule has 1 amide bonds. The Morgan fingerprint density at radius 2 is 2.00 bits per heavy atom. The largest absolute Gasteiger partial charge is 0.506 e. The lowest BCUT2D eigenvalue weighted by molar-refractivity contribution is -0.117. The lowest BCUT2D eigenvalue weighted by Gasteiger charge is -2.24. The van der Waals surface area contributed by atoms with Crippen molar-refractivity contribution in [1.82, 2.24) is 4.72 Å². The zero-order chi connectivity index (χ0) is 21.8. The molecular weight excluding hydrogens is 409 g/mol. The van der Waals surface area contributed by atoms with E-state index in [9.17, 15) is 18.3 Å². The highest BCUT2D eigenvalue weighted by molar-refractivity contribution is 7.92. The van der Waals surface area contributed by atoms with Gasteiger partial charge in [-0.25, -0.2) is 13.4 Å². The highest BCUT2D eigenvalue weighted by atomic mass is 32.2. The number of phenols is 1. The number of halogens is 1. The van der Waals surface area contributed by atoms with Crippen molar-refractivity contribution in [2.24, 2.45) is 11.3 Å². The van der Waals surface area contributed by atoms with E-state index in [0.717, 1.165) is 31.6 Å². The van der Waals surface area contributed by atoms with Crippen LogP contribution in [0.1, 0.15) is 33.6 Å². The molecule has 4 rings (SSSR count). The van der Waals surface area contributed by atoms with Gasteiger partial charge >= 0.3 is 10.2 Å². The minimum Gasteiger partial charge on any atom is -0.506 e. The molecule has 2 aromatic rings. The maximum atomic E-state index is 15.4. The summed E-state index contributed by atoms with van der Waals surface area (Å²) in [4.78, 5) is 13.8. The molecule has 30 heavy (non-hydrogen) atoms. The molecule has 1 unspecified atom stereocenters. The molecule has 2 N–H and O–H groups in total. The predicted molar refractivity (Wildman–Crippen MR) is 114 cm³/mol. The van der Waals surface area contributed by atoms with Gasteiger partial charge in [0.05, 0.1) is 0 Å².